The van der Waals surface area contributed by atoms with Crippen molar-refractivity contribution in [2.24, 2.45) is 5.92 Å². The van der Waals surface area contributed by atoms with E-state index < -0.39 is 0 Å². The summed E-state index contributed by atoms with van der Waals surface area (Å²) in [6.07, 6.45) is 12.6. The van der Waals surface area contributed by atoms with E-state index in [4.69, 9.17) is 0 Å². The van der Waals surface area contributed by atoms with E-state index in [1.54, 1.807) is 6.20 Å². The van der Waals surface area contributed by atoms with Crippen molar-refractivity contribution in [1.29, 1.82) is 0 Å². The molecule has 0 spiro atoms. The van der Waals surface area contributed by atoms with E-state index in [1.807, 2.05) is 18.3 Å². The zero-order valence-electron chi connectivity index (χ0n) is 13.9. The van der Waals surface area contributed by atoms with Crippen LogP contribution in [-0.2, 0) is 6.42 Å². The number of aromatic nitrogens is 1. The minimum Gasteiger partial charge on any atom is -0.396 e. The van der Waals surface area contributed by atoms with E-state index in [-0.39, 0.29) is 18.4 Å². The maximum absolute atomic E-state index is 9.97. The molecule has 0 aliphatic rings. The van der Waals surface area contributed by atoms with E-state index in [9.17, 15) is 5.11 Å². The van der Waals surface area contributed by atoms with Gasteiger partial charge in [0.1, 0.15) is 0 Å². The van der Waals surface area contributed by atoms with Crippen LogP contribution in [0, 0.1) is 5.92 Å². The summed E-state index contributed by atoms with van der Waals surface area (Å²) in [6.45, 7) is 2.38. The van der Waals surface area contributed by atoms with Gasteiger partial charge in [0, 0.05) is 24.9 Å². The lowest BCUT2D eigenvalue weighted by Crippen LogP contribution is -2.18. The van der Waals surface area contributed by atoms with E-state index in [2.05, 4.69) is 54.4 Å². The summed E-state index contributed by atoms with van der Waals surface area (Å²) in [5.74, 6) is 0.401. The molecule has 0 saturated heterocycles. The monoisotopic (exact) mass is 309 g/mol. The third kappa shape index (κ3) is 5.65. The molecule has 1 N–H and O–H groups in total. The first-order valence-corrected chi connectivity index (χ1v) is 8.56. The minimum absolute atomic E-state index is 0.166. The Bertz CT molecular complexity index is 565. The topological polar surface area (TPSA) is 33.1 Å². The molecule has 23 heavy (non-hydrogen) atoms. The van der Waals surface area contributed by atoms with Crippen molar-refractivity contribution >= 4 is 0 Å². The van der Waals surface area contributed by atoms with Crippen LogP contribution in [0.2, 0.25) is 0 Å². The molecule has 2 aromatic rings. The number of hydrogen-bond acceptors (Lipinski definition) is 2. The number of aliphatic hydroxyl groups is 1. The molecular formula is C21H27NO. The van der Waals surface area contributed by atoms with Gasteiger partial charge >= 0.3 is 0 Å². The lowest BCUT2D eigenvalue weighted by Gasteiger charge is -2.23. The Kier molecular flexibility index (Phi) is 7.55. The lowest BCUT2D eigenvalue weighted by atomic mass is 9.82. The molecule has 1 heterocycles. The molecule has 0 aliphatic heterocycles. The van der Waals surface area contributed by atoms with Crippen LogP contribution in [0.25, 0.3) is 0 Å². The van der Waals surface area contributed by atoms with E-state index in [0.717, 1.165) is 12.8 Å². The smallest absolute Gasteiger partial charge is 0.0471 e. The summed E-state index contributed by atoms with van der Waals surface area (Å²) in [6, 6.07) is 14.5. The second kappa shape index (κ2) is 9.96. The van der Waals surface area contributed by atoms with Gasteiger partial charge in [-0.1, -0.05) is 68.3 Å². The third-order valence-electron chi connectivity index (χ3n) is 4.22. The van der Waals surface area contributed by atoms with Crippen LogP contribution in [0.1, 0.15) is 43.2 Å². The van der Waals surface area contributed by atoms with Crippen molar-refractivity contribution in [3.63, 3.8) is 0 Å². The fraction of sp³-hybridized carbons (Fsp3) is 0.381. The van der Waals surface area contributed by atoms with Crippen LogP contribution in [-0.4, -0.2) is 16.7 Å². The van der Waals surface area contributed by atoms with Crippen LogP contribution in [0.3, 0.4) is 0 Å². The zero-order valence-corrected chi connectivity index (χ0v) is 13.9. The summed E-state index contributed by atoms with van der Waals surface area (Å²) < 4.78 is 0. The lowest BCUT2D eigenvalue weighted by molar-refractivity contribution is 0.214. The van der Waals surface area contributed by atoms with Crippen molar-refractivity contribution in [2.75, 3.05) is 6.61 Å². The molecule has 2 heteroatoms. The molecule has 0 unspecified atom stereocenters. The highest BCUT2D eigenvalue weighted by molar-refractivity contribution is 5.26. The molecule has 0 fully saturated rings. The molecule has 2 rings (SSSR count). The first-order valence-electron chi connectivity index (χ1n) is 8.56. The Morgan fingerprint density at radius 1 is 1.13 bits per heavy atom. The maximum Gasteiger partial charge on any atom is 0.0471 e. The Labute approximate surface area is 139 Å². The molecule has 0 bridgehead atoms. The molecule has 1 aromatic carbocycles. The fourth-order valence-corrected chi connectivity index (χ4v) is 2.91. The first-order chi connectivity index (χ1) is 11.3. The molecule has 0 aliphatic carbocycles. The number of unbranched alkanes of at least 4 members (excludes halogenated alkanes) is 2. The molecule has 0 saturated carbocycles. The maximum atomic E-state index is 9.97. The third-order valence-corrected chi connectivity index (χ3v) is 4.22. The Morgan fingerprint density at radius 2 is 1.96 bits per heavy atom. The number of hydrogen-bond donors (Lipinski definition) is 1. The quantitative estimate of drug-likeness (QED) is 0.535. The van der Waals surface area contributed by atoms with Crippen LogP contribution in [0.4, 0.5) is 0 Å². The predicted molar refractivity (Wildman–Crippen MR) is 96.4 cm³/mol. The minimum atomic E-state index is 0.166. The second-order valence-corrected chi connectivity index (χ2v) is 6.01. The Hall–Kier alpha value is -1.93. The van der Waals surface area contributed by atoms with Gasteiger partial charge in [0.05, 0.1) is 0 Å². The zero-order chi connectivity index (χ0) is 16.3. The summed E-state index contributed by atoms with van der Waals surface area (Å²) in [4.78, 5) is 4.19. The number of benzene rings is 1. The molecule has 0 radical (unpaired) electrons. The van der Waals surface area contributed by atoms with Gasteiger partial charge < -0.3 is 5.11 Å². The van der Waals surface area contributed by atoms with Crippen molar-refractivity contribution in [2.45, 2.75) is 38.5 Å². The van der Waals surface area contributed by atoms with E-state index in [1.165, 1.54) is 24.0 Å². The highest BCUT2D eigenvalue weighted by Gasteiger charge is 2.20. The number of aliphatic hydroxyl groups excluding tert-OH is 1. The number of pyridine rings is 1. The Balaban J connectivity index is 2.17. The molecule has 1 aromatic heterocycles. The fourth-order valence-electron chi connectivity index (χ4n) is 2.91. The van der Waals surface area contributed by atoms with Crippen LogP contribution in [0.5, 0.6) is 0 Å². The van der Waals surface area contributed by atoms with Crippen molar-refractivity contribution < 1.29 is 5.11 Å². The van der Waals surface area contributed by atoms with E-state index >= 15 is 0 Å². The highest BCUT2D eigenvalue weighted by atomic mass is 16.3. The molecule has 2 nitrogen and oxygen atoms in total. The van der Waals surface area contributed by atoms with Crippen LogP contribution < -0.4 is 0 Å². The van der Waals surface area contributed by atoms with Gasteiger partial charge in [0.25, 0.3) is 0 Å². The van der Waals surface area contributed by atoms with Gasteiger partial charge in [-0.25, -0.2) is 0 Å². The largest absolute Gasteiger partial charge is 0.396 e. The highest BCUT2D eigenvalue weighted by Crippen LogP contribution is 2.29. The van der Waals surface area contributed by atoms with Crippen molar-refractivity contribution in [3.8, 4) is 0 Å². The van der Waals surface area contributed by atoms with Crippen LogP contribution >= 0.6 is 0 Å². The summed E-state index contributed by atoms with van der Waals surface area (Å²) in [7, 11) is 0. The molecule has 2 atom stereocenters. The van der Waals surface area contributed by atoms with Gasteiger partial charge in [0.15, 0.2) is 0 Å². The van der Waals surface area contributed by atoms with Crippen LogP contribution in [0.15, 0.2) is 67.0 Å². The van der Waals surface area contributed by atoms with Gasteiger partial charge in [-0.05, 0) is 36.0 Å². The van der Waals surface area contributed by atoms with Gasteiger partial charge in [-0.15, -0.1) is 0 Å². The molecule has 122 valence electrons. The summed E-state index contributed by atoms with van der Waals surface area (Å²) >= 11 is 0. The standard InChI is InChI=1S/C21H27NO/c1-2-3-4-8-13-21(19-11-6-5-7-12-19)20(17-23)15-18-10-9-14-22-16-18/h5-14,16,20-21,23H,2-4,15,17H2,1H3/b13-8+/t20-,21+/m0/s1. The summed E-state index contributed by atoms with van der Waals surface area (Å²) in [5.41, 5.74) is 2.44. The number of allylic oxidation sites excluding steroid dienone is 2. The SMILES string of the molecule is CCCC/C=C/[C@H](c1ccccc1)[C@H](CO)Cc1cccnc1. The second-order valence-electron chi connectivity index (χ2n) is 6.01. The Morgan fingerprint density at radius 3 is 2.61 bits per heavy atom. The normalized spacial score (nSPS) is 14.0. The summed E-state index contributed by atoms with van der Waals surface area (Å²) in [5, 5.41) is 9.97. The average Bonchev–Trinajstić information content (AvgIpc) is 2.62. The first kappa shape index (κ1) is 17.4. The van der Waals surface area contributed by atoms with Gasteiger partial charge in [-0.3, -0.25) is 4.98 Å². The average molecular weight is 309 g/mol. The number of rotatable bonds is 9. The van der Waals surface area contributed by atoms with Crippen molar-refractivity contribution in [1.82, 2.24) is 4.98 Å². The van der Waals surface area contributed by atoms with Gasteiger partial charge in [-0.2, -0.15) is 0 Å². The van der Waals surface area contributed by atoms with Crippen molar-refractivity contribution in [3.05, 3.63) is 78.1 Å². The van der Waals surface area contributed by atoms with Gasteiger partial charge in [0.2, 0.25) is 0 Å². The molecule has 0 amide bonds. The predicted octanol–water partition coefficient (Wildman–Crippen LogP) is 4.76. The number of nitrogens with zero attached hydrogens (tertiary/aromatic N) is 1. The van der Waals surface area contributed by atoms with E-state index in [0.29, 0.717) is 0 Å². The molecular weight excluding hydrogens is 282 g/mol.